The number of imide groups is 1. The van der Waals surface area contributed by atoms with Gasteiger partial charge in [-0.2, -0.15) is 0 Å². The fourth-order valence-electron chi connectivity index (χ4n) is 5.08. The van der Waals surface area contributed by atoms with Gasteiger partial charge in [0, 0.05) is 31.1 Å². The molecule has 3 heterocycles. The van der Waals surface area contributed by atoms with Crippen molar-refractivity contribution in [3.63, 3.8) is 0 Å². The van der Waals surface area contributed by atoms with Gasteiger partial charge in [0.2, 0.25) is 5.91 Å². The third kappa shape index (κ3) is 5.33. The minimum absolute atomic E-state index is 0.00260. The van der Waals surface area contributed by atoms with Crippen molar-refractivity contribution in [3.8, 4) is 0 Å². The number of hydrogen-bond donors (Lipinski definition) is 1. The van der Waals surface area contributed by atoms with Gasteiger partial charge in [-0.25, -0.2) is 4.79 Å². The number of amides is 4. The van der Waals surface area contributed by atoms with E-state index < -0.39 is 5.54 Å². The van der Waals surface area contributed by atoms with Crippen LogP contribution in [-0.4, -0.2) is 78.4 Å². The fraction of sp³-hybridized carbons (Fsp3) is 0.500. The van der Waals surface area contributed by atoms with Crippen molar-refractivity contribution in [2.75, 3.05) is 40.3 Å². The van der Waals surface area contributed by atoms with Gasteiger partial charge in [-0.05, 0) is 62.7 Å². The molecule has 2 aliphatic rings. The van der Waals surface area contributed by atoms with Gasteiger partial charge in [-0.1, -0.05) is 36.4 Å². The summed E-state index contributed by atoms with van der Waals surface area (Å²) in [6.45, 7) is 2.23. The first-order valence-electron chi connectivity index (χ1n) is 12.0. The lowest BCUT2D eigenvalue weighted by atomic mass is 9.74. The van der Waals surface area contributed by atoms with Gasteiger partial charge in [0.15, 0.2) is 0 Å². The van der Waals surface area contributed by atoms with Crippen LogP contribution in [0, 0.1) is 5.92 Å². The molecule has 1 aromatic heterocycles. The molecule has 0 bridgehead atoms. The van der Waals surface area contributed by atoms with Crippen LogP contribution < -0.4 is 5.32 Å². The second-order valence-corrected chi connectivity index (χ2v) is 10.6. The van der Waals surface area contributed by atoms with Crippen LogP contribution in [0.2, 0.25) is 0 Å². The summed E-state index contributed by atoms with van der Waals surface area (Å²) in [5, 5.41) is 5.12. The lowest BCUT2D eigenvalue weighted by Gasteiger charge is -2.41. The van der Waals surface area contributed by atoms with Crippen molar-refractivity contribution in [3.05, 3.63) is 58.3 Å². The Labute approximate surface area is 205 Å². The number of piperidine rings is 1. The molecular formula is C26H34N4O3S. The number of aryl methyl sites for hydroxylation is 1. The highest BCUT2D eigenvalue weighted by molar-refractivity contribution is 7.10. The Balaban J connectivity index is 1.48. The Morgan fingerprint density at radius 1 is 1.12 bits per heavy atom. The smallest absolute Gasteiger partial charge is 0.325 e. The topological polar surface area (TPSA) is 73.0 Å². The number of likely N-dealkylation sites (tertiary alicyclic amines) is 1. The monoisotopic (exact) mass is 482 g/mol. The van der Waals surface area contributed by atoms with Crippen LogP contribution in [0.25, 0.3) is 0 Å². The highest BCUT2D eigenvalue weighted by atomic mass is 32.1. The summed E-state index contributed by atoms with van der Waals surface area (Å²) in [5.74, 6) is 0.0232. The van der Waals surface area contributed by atoms with Gasteiger partial charge in [0.1, 0.15) is 5.54 Å². The molecule has 7 nitrogen and oxygen atoms in total. The minimum atomic E-state index is -0.915. The minimum Gasteiger partial charge on any atom is -0.342 e. The van der Waals surface area contributed by atoms with E-state index in [0.29, 0.717) is 58.3 Å². The summed E-state index contributed by atoms with van der Waals surface area (Å²) in [6, 6.07) is 13.8. The lowest BCUT2D eigenvalue weighted by molar-refractivity contribution is -0.136. The van der Waals surface area contributed by atoms with Crippen molar-refractivity contribution in [1.82, 2.24) is 20.0 Å². The van der Waals surface area contributed by atoms with Gasteiger partial charge < -0.3 is 15.1 Å². The van der Waals surface area contributed by atoms with Crippen LogP contribution in [0.4, 0.5) is 4.79 Å². The van der Waals surface area contributed by atoms with E-state index in [0.717, 1.165) is 10.4 Å². The van der Waals surface area contributed by atoms with Crippen LogP contribution in [0.1, 0.15) is 29.7 Å². The van der Waals surface area contributed by atoms with Crippen molar-refractivity contribution >= 4 is 29.2 Å². The normalized spacial score (nSPS) is 21.4. The zero-order valence-corrected chi connectivity index (χ0v) is 20.9. The average Bonchev–Trinajstić information content (AvgIpc) is 3.43. The molecule has 34 heavy (non-hydrogen) atoms. The maximum absolute atomic E-state index is 13.7. The Kier molecular flexibility index (Phi) is 7.68. The average molecular weight is 483 g/mol. The van der Waals surface area contributed by atoms with E-state index in [-0.39, 0.29) is 23.8 Å². The molecule has 2 saturated heterocycles. The van der Waals surface area contributed by atoms with Gasteiger partial charge >= 0.3 is 6.03 Å². The number of nitrogens with one attached hydrogen (secondary N) is 1. The molecule has 182 valence electrons. The Morgan fingerprint density at radius 3 is 2.50 bits per heavy atom. The van der Waals surface area contributed by atoms with Crippen LogP contribution in [-0.2, 0) is 22.4 Å². The molecule has 0 radical (unpaired) electrons. The molecule has 1 N–H and O–H groups in total. The molecule has 1 aromatic carbocycles. The standard InChI is InChI=1S/C26H34N4O3S/c1-28(2)16-17-30-24(32)26(27-25(30)33,13-10-20-7-4-3-5-8-20)21-11-14-29(15-12-21)23(31)19-22-9-6-18-34-22/h3-9,18,21H,10-17,19H2,1-2H3,(H,27,33). The second-order valence-electron chi connectivity index (χ2n) is 9.56. The van der Waals surface area contributed by atoms with Crippen molar-refractivity contribution in [1.29, 1.82) is 0 Å². The lowest BCUT2D eigenvalue weighted by Crippen LogP contribution is -2.57. The number of urea groups is 1. The van der Waals surface area contributed by atoms with Crippen LogP contribution in [0.5, 0.6) is 0 Å². The van der Waals surface area contributed by atoms with Gasteiger partial charge in [0.05, 0.1) is 6.42 Å². The maximum Gasteiger partial charge on any atom is 0.325 e. The molecule has 0 spiro atoms. The summed E-state index contributed by atoms with van der Waals surface area (Å²) in [4.78, 5) is 45.8. The van der Waals surface area contributed by atoms with E-state index in [9.17, 15) is 14.4 Å². The Bertz CT molecular complexity index is 987. The van der Waals surface area contributed by atoms with Crippen molar-refractivity contribution in [2.24, 2.45) is 5.92 Å². The quantitative estimate of drug-likeness (QED) is 0.558. The number of carbonyl (C=O) groups excluding carboxylic acids is 3. The van der Waals surface area contributed by atoms with Crippen LogP contribution >= 0.6 is 11.3 Å². The Hall–Kier alpha value is -2.71. The summed E-state index contributed by atoms with van der Waals surface area (Å²) >= 11 is 1.60. The number of nitrogens with zero attached hydrogens (tertiary/aromatic N) is 3. The molecule has 0 aliphatic carbocycles. The molecule has 1 unspecified atom stereocenters. The largest absolute Gasteiger partial charge is 0.342 e. The van der Waals surface area contributed by atoms with E-state index in [1.54, 1.807) is 11.3 Å². The molecule has 8 heteroatoms. The van der Waals surface area contributed by atoms with Crippen molar-refractivity contribution < 1.29 is 14.4 Å². The van der Waals surface area contributed by atoms with Gasteiger partial charge in [-0.3, -0.25) is 14.5 Å². The fourth-order valence-corrected chi connectivity index (χ4v) is 5.78. The molecular weight excluding hydrogens is 448 g/mol. The molecule has 0 saturated carbocycles. The molecule has 4 rings (SSSR count). The SMILES string of the molecule is CN(C)CCN1C(=O)NC(CCc2ccccc2)(C2CCN(C(=O)Cc3cccs3)CC2)C1=O. The summed E-state index contributed by atoms with van der Waals surface area (Å²) < 4.78 is 0. The van der Waals surface area contributed by atoms with Gasteiger partial charge in [-0.15, -0.1) is 11.3 Å². The number of hydrogen-bond acceptors (Lipinski definition) is 5. The van der Waals surface area contributed by atoms with E-state index in [4.69, 9.17) is 0 Å². The third-order valence-electron chi connectivity index (χ3n) is 7.07. The van der Waals surface area contributed by atoms with E-state index in [2.05, 4.69) is 17.4 Å². The Morgan fingerprint density at radius 2 is 1.85 bits per heavy atom. The molecule has 1 atom stereocenters. The van der Waals surface area contributed by atoms with E-state index in [1.165, 1.54) is 4.90 Å². The highest BCUT2D eigenvalue weighted by Gasteiger charge is 2.55. The predicted octanol–water partition coefficient (Wildman–Crippen LogP) is 3.01. The maximum atomic E-state index is 13.7. The molecule has 2 fully saturated rings. The van der Waals surface area contributed by atoms with Gasteiger partial charge in [0.25, 0.3) is 5.91 Å². The summed E-state index contributed by atoms with van der Waals surface area (Å²) in [7, 11) is 3.87. The summed E-state index contributed by atoms with van der Waals surface area (Å²) in [5.41, 5.74) is 0.238. The first-order valence-corrected chi connectivity index (χ1v) is 12.9. The van der Waals surface area contributed by atoms with E-state index >= 15 is 0 Å². The van der Waals surface area contributed by atoms with Crippen molar-refractivity contribution in [2.45, 2.75) is 37.6 Å². The number of carbonyl (C=O) groups is 3. The molecule has 2 aromatic rings. The van der Waals surface area contributed by atoms with Crippen LogP contribution in [0.15, 0.2) is 47.8 Å². The number of benzene rings is 1. The zero-order chi connectivity index (χ0) is 24.1. The predicted molar refractivity (Wildman–Crippen MR) is 134 cm³/mol. The number of thiophene rings is 1. The summed E-state index contributed by atoms with van der Waals surface area (Å²) in [6.07, 6.45) is 3.12. The van der Waals surface area contributed by atoms with Crippen LogP contribution in [0.3, 0.4) is 0 Å². The number of likely N-dealkylation sites (N-methyl/N-ethyl adjacent to an activating group) is 1. The first-order chi connectivity index (χ1) is 16.4. The highest BCUT2D eigenvalue weighted by Crippen LogP contribution is 2.37. The zero-order valence-electron chi connectivity index (χ0n) is 20.0. The molecule has 4 amide bonds. The van der Waals surface area contributed by atoms with E-state index in [1.807, 2.05) is 59.6 Å². The third-order valence-corrected chi connectivity index (χ3v) is 7.95. The first kappa shape index (κ1) is 24.4. The molecule has 2 aliphatic heterocycles. The number of rotatable bonds is 9. The second kappa shape index (κ2) is 10.7.